The average molecular weight is 415 g/mol. The Kier molecular flexibility index (Phi) is 5.95. The molecule has 1 atom stereocenters. The van der Waals surface area contributed by atoms with Crippen molar-refractivity contribution in [1.29, 1.82) is 0 Å². The van der Waals surface area contributed by atoms with Crippen molar-refractivity contribution in [3.8, 4) is 0 Å². The molecule has 0 spiro atoms. The molecule has 0 aliphatic carbocycles. The molecule has 0 bridgehead atoms. The van der Waals surface area contributed by atoms with Crippen LogP contribution in [-0.2, 0) is 0 Å². The van der Waals surface area contributed by atoms with Crippen LogP contribution >= 0.6 is 22.6 Å². The first-order valence-electron chi connectivity index (χ1n) is 8.32. The highest BCUT2D eigenvalue weighted by Gasteiger charge is 2.28. The molecule has 2 aliphatic heterocycles. The van der Waals surface area contributed by atoms with Crippen molar-refractivity contribution in [2.75, 3.05) is 50.8 Å². The van der Waals surface area contributed by atoms with E-state index in [4.69, 9.17) is 0 Å². The van der Waals surface area contributed by atoms with E-state index in [1.165, 1.54) is 22.1 Å². The molecular weight excluding hydrogens is 389 g/mol. The SMILES string of the molecule is OCC1CN(c2ccc(I)cc2)CCN1CC1CCNCC1. The Labute approximate surface area is 147 Å². The molecule has 2 heterocycles. The Balaban J connectivity index is 1.59. The molecule has 2 N–H and O–H groups in total. The Morgan fingerprint density at radius 1 is 1.14 bits per heavy atom. The van der Waals surface area contributed by atoms with Crippen LogP contribution in [-0.4, -0.2) is 61.9 Å². The zero-order chi connectivity index (χ0) is 15.4. The maximum atomic E-state index is 9.82. The summed E-state index contributed by atoms with van der Waals surface area (Å²) in [5, 5.41) is 13.3. The number of aliphatic hydroxyl groups excluding tert-OH is 1. The molecule has 0 amide bonds. The van der Waals surface area contributed by atoms with E-state index in [0.29, 0.717) is 0 Å². The van der Waals surface area contributed by atoms with Crippen LogP contribution in [0.2, 0.25) is 0 Å². The van der Waals surface area contributed by atoms with Gasteiger partial charge in [-0.15, -0.1) is 0 Å². The summed E-state index contributed by atoms with van der Waals surface area (Å²) in [6.07, 6.45) is 2.55. The molecule has 3 rings (SSSR count). The summed E-state index contributed by atoms with van der Waals surface area (Å²) in [7, 11) is 0. The van der Waals surface area contributed by atoms with E-state index >= 15 is 0 Å². The maximum absolute atomic E-state index is 9.82. The number of aliphatic hydroxyl groups is 1. The molecule has 2 saturated heterocycles. The van der Waals surface area contributed by atoms with Crippen molar-refractivity contribution in [2.24, 2.45) is 5.92 Å². The predicted octanol–water partition coefficient (Wildman–Crippen LogP) is 1.77. The van der Waals surface area contributed by atoms with Gasteiger partial charge in [-0.3, -0.25) is 4.90 Å². The Morgan fingerprint density at radius 3 is 2.55 bits per heavy atom. The Hall–Kier alpha value is -0.370. The number of piperazine rings is 1. The second kappa shape index (κ2) is 7.95. The monoisotopic (exact) mass is 415 g/mol. The van der Waals surface area contributed by atoms with E-state index < -0.39 is 0 Å². The van der Waals surface area contributed by atoms with E-state index in [1.54, 1.807) is 0 Å². The smallest absolute Gasteiger partial charge is 0.0604 e. The summed E-state index contributed by atoms with van der Waals surface area (Å²) in [6.45, 7) is 6.75. The number of hydrogen-bond acceptors (Lipinski definition) is 4. The van der Waals surface area contributed by atoms with Crippen LogP contribution in [0.25, 0.3) is 0 Å². The highest BCUT2D eigenvalue weighted by atomic mass is 127. The van der Waals surface area contributed by atoms with Crippen LogP contribution in [0, 0.1) is 9.49 Å². The normalized spacial score (nSPS) is 24.6. The molecule has 0 aromatic heterocycles. The van der Waals surface area contributed by atoms with E-state index in [9.17, 15) is 5.11 Å². The molecule has 4 nitrogen and oxygen atoms in total. The van der Waals surface area contributed by atoms with Crippen molar-refractivity contribution in [3.63, 3.8) is 0 Å². The lowest BCUT2D eigenvalue weighted by Crippen LogP contribution is -2.56. The molecule has 5 heteroatoms. The van der Waals surface area contributed by atoms with Crippen LogP contribution in [0.15, 0.2) is 24.3 Å². The number of rotatable bonds is 4. The van der Waals surface area contributed by atoms with Gasteiger partial charge in [-0.1, -0.05) is 0 Å². The third-order valence-electron chi connectivity index (χ3n) is 4.96. The molecule has 1 aromatic carbocycles. The molecular formula is C17H26IN3O. The first-order valence-corrected chi connectivity index (χ1v) is 9.40. The number of anilines is 1. The summed E-state index contributed by atoms with van der Waals surface area (Å²) in [4.78, 5) is 4.93. The molecule has 1 unspecified atom stereocenters. The Morgan fingerprint density at radius 2 is 1.86 bits per heavy atom. The predicted molar refractivity (Wildman–Crippen MR) is 99.4 cm³/mol. The first-order chi connectivity index (χ1) is 10.8. The lowest BCUT2D eigenvalue weighted by molar-refractivity contribution is 0.0896. The van der Waals surface area contributed by atoms with Crippen molar-refractivity contribution in [2.45, 2.75) is 18.9 Å². The third-order valence-corrected chi connectivity index (χ3v) is 5.68. The van der Waals surface area contributed by atoms with Crippen LogP contribution in [0.4, 0.5) is 5.69 Å². The van der Waals surface area contributed by atoms with E-state index in [2.05, 4.69) is 62.0 Å². The van der Waals surface area contributed by atoms with E-state index in [1.807, 2.05) is 0 Å². The summed E-state index contributed by atoms with van der Waals surface area (Å²) in [6, 6.07) is 8.97. The van der Waals surface area contributed by atoms with Crippen LogP contribution in [0.1, 0.15) is 12.8 Å². The lowest BCUT2D eigenvalue weighted by atomic mass is 9.96. The molecule has 22 heavy (non-hydrogen) atoms. The van der Waals surface area contributed by atoms with Gasteiger partial charge in [0, 0.05) is 35.4 Å². The number of nitrogens with zero attached hydrogens (tertiary/aromatic N) is 2. The van der Waals surface area contributed by atoms with Gasteiger partial charge in [-0.2, -0.15) is 0 Å². The summed E-state index contributed by atoms with van der Waals surface area (Å²) < 4.78 is 1.27. The summed E-state index contributed by atoms with van der Waals surface area (Å²) >= 11 is 2.34. The fraction of sp³-hybridized carbons (Fsp3) is 0.647. The van der Waals surface area contributed by atoms with Gasteiger partial charge in [0.1, 0.15) is 0 Å². The second-order valence-corrected chi connectivity index (χ2v) is 7.69. The van der Waals surface area contributed by atoms with Gasteiger partial charge in [0.15, 0.2) is 0 Å². The summed E-state index contributed by atoms with van der Waals surface area (Å²) in [5.41, 5.74) is 1.28. The average Bonchev–Trinajstić information content (AvgIpc) is 2.57. The fourth-order valence-electron chi connectivity index (χ4n) is 3.59. The van der Waals surface area contributed by atoms with Gasteiger partial charge < -0.3 is 15.3 Å². The van der Waals surface area contributed by atoms with Gasteiger partial charge in [0.25, 0.3) is 0 Å². The number of hydrogen-bond donors (Lipinski definition) is 2. The number of benzene rings is 1. The minimum absolute atomic E-state index is 0.256. The molecule has 0 radical (unpaired) electrons. The quantitative estimate of drug-likeness (QED) is 0.736. The Bertz CT molecular complexity index is 461. The van der Waals surface area contributed by atoms with Crippen molar-refractivity contribution in [1.82, 2.24) is 10.2 Å². The van der Waals surface area contributed by atoms with Gasteiger partial charge >= 0.3 is 0 Å². The van der Waals surface area contributed by atoms with Crippen molar-refractivity contribution in [3.05, 3.63) is 27.8 Å². The van der Waals surface area contributed by atoms with Crippen molar-refractivity contribution < 1.29 is 5.11 Å². The fourth-order valence-corrected chi connectivity index (χ4v) is 3.95. The minimum atomic E-state index is 0.256. The van der Waals surface area contributed by atoms with Crippen LogP contribution < -0.4 is 10.2 Å². The maximum Gasteiger partial charge on any atom is 0.0604 e. The highest BCUT2D eigenvalue weighted by molar-refractivity contribution is 14.1. The van der Waals surface area contributed by atoms with Crippen LogP contribution in [0.3, 0.4) is 0 Å². The standard InChI is InChI=1S/C17H26IN3O/c18-15-1-3-16(4-2-15)21-10-9-20(17(12-21)13-22)11-14-5-7-19-8-6-14/h1-4,14,17,19,22H,5-13H2. The third kappa shape index (κ3) is 4.13. The summed E-state index contributed by atoms with van der Waals surface area (Å²) in [5.74, 6) is 0.792. The number of nitrogens with one attached hydrogen (secondary N) is 1. The van der Waals surface area contributed by atoms with Gasteiger partial charge in [-0.25, -0.2) is 0 Å². The van der Waals surface area contributed by atoms with Gasteiger partial charge in [0.2, 0.25) is 0 Å². The number of halogens is 1. The molecule has 122 valence electrons. The highest BCUT2D eigenvalue weighted by Crippen LogP contribution is 2.22. The molecule has 2 fully saturated rings. The van der Waals surface area contributed by atoms with Gasteiger partial charge in [-0.05, 0) is 78.7 Å². The second-order valence-electron chi connectivity index (χ2n) is 6.45. The molecule has 2 aliphatic rings. The zero-order valence-corrected chi connectivity index (χ0v) is 15.2. The van der Waals surface area contributed by atoms with Crippen molar-refractivity contribution >= 4 is 28.3 Å². The largest absolute Gasteiger partial charge is 0.395 e. The van der Waals surface area contributed by atoms with Crippen LogP contribution in [0.5, 0.6) is 0 Å². The van der Waals surface area contributed by atoms with E-state index in [-0.39, 0.29) is 12.6 Å². The lowest BCUT2D eigenvalue weighted by Gasteiger charge is -2.43. The zero-order valence-electron chi connectivity index (χ0n) is 13.0. The molecule has 0 saturated carbocycles. The number of piperidine rings is 1. The van der Waals surface area contributed by atoms with Gasteiger partial charge in [0.05, 0.1) is 12.6 Å². The van der Waals surface area contributed by atoms with E-state index in [0.717, 1.165) is 45.2 Å². The minimum Gasteiger partial charge on any atom is -0.395 e. The topological polar surface area (TPSA) is 38.7 Å². The first kappa shape index (κ1) is 16.5. The molecule has 1 aromatic rings.